The van der Waals surface area contributed by atoms with E-state index < -0.39 is 0 Å². The number of carbonyl (C=O) groups excluding carboxylic acids is 1. The second-order valence-electron chi connectivity index (χ2n) is 5.55. The maximum atomic E-state index is 12.5. The van der Waals surface area contributed by atoms with Crippen molar-refractivity contribution in [3.8, 4) is 0 Å². The van der Waals surface area contributed by atoms with Crippen molar-refractivity contribution in [3.05, 3.63) is 24.4 Å². The number of aromatic nitrogens is 1. The van der Waals surface area contributed by atoms with Gasteiger partial charge >= 0.3 is 0 Å². The molecule has 0 aliphatic carbocycles. The number of nitrogens with zero attached hydrogens (tertiary/aromatic N) is 3. The third kappa shape index (κ3) is 3.16. The number of hydrogen-bond acceptors (Lipinski definition) is 5. The summed E-state index contributed by atoms with van der Waals surface area (Å²) >= 11 is 0. The van der Waals surface area contributed by atoms with E-state index in [1.807, 2.05) is 23.1 Å². The first-order valence-corrected chi connectivity index (χ1v) is 7.49. The highest BCUT2D eigenvalue weighted by molar-refractivity contribution is 5.82. The van der Waals surface area contributed by atoms with E-state index in [2.05, 4.69) is 15.2 Å². The average Bonchev–Trinajstić information content (AvgIpc) is 3.04. The fraction of sp³-hybridized carbons (Fsp3) is 0.600. The number of carbonyl (C=O) groups is 1. The van der Waals surface area contributed by atoms with Gasteiger partial charge in [0.05, 0.1) is 12.1 Å². The summed E-state index contributed by atoms with van der Waals surface area (Å²) in [7, 11) is 1.70. The zero-order chi connectivity index (χ0) is 14.7. The van der Waals surface area contributed by atoms with E-state index in [0.29, 0.717) is 0 Å². The molecule has 1 N–H and O–H groups in total. The Morgan fingerprint density at radius 3 is 2.76 bits per heavy atom. The standard InChI is InChI=1S/C15H22N4O2/c1-21-12-10-13(17-11-12)15(20)19-8-6-18(7-9-19)14-4-2-3-5-16-14/h2-5,12-13,17H,6-11H2,1H3/t12-,13-/m0/s1. The van der Waals surface area contributed by atoms with E-state index >= 15 is 0 Å². The summed E-state index contributed by atoms with van der Waals surface area (Å²) in [4.78, 5) is 21.0. The van der Waals surface area contributed by atoms with E-state index in [4.69, 9.17) is 4.74 Å². The molecular weight excluding hydrogens is 268 g/mol. The highest BCUT2D eigenvalue weighted by Gasteiger charge is 2.33. The first-order chi connectivity index (χ1) is 10.3. The van der Waals surface area contributed by atoms with Crippen LogP contribution in [0.3, 0.4) is 0 Å². The maximum absolute atomic E-state index is 12.5. The van der Waals surface area contributed by atoms with Crippen molar-refractivity contribution < 1.29 is 9.53 Å². The van der Waals surface area contributed by atoms with Crippen LogP contribution in [0.4, 0.5) is 5.82 Å². The molecule has 21 heavy (non-hydrogen) atoms. The summed E-state index contributed by atoms with van der Waals surface area (Å²) in [5.41, 5.74) is 0. The van der Waals surface area contributed by atoms with Crippen LogP contribution in [0.25, 0.3) is 0 Å². The molecule has 0 saturated carbocycles. The van der Waals surface area contributed by atoms with Crippen molar-refractivity contribution in [1.82, 2.24) is 15.2 Å². The number of anilines is 1. The second-order valence-corrected chi connectivity index (χ2v) is 5.55. The van der Waals surface area contributed by atoms with E-state index in [9.17, 15) is 4.79 Å². The summed E-state index contributed by atoms with van der Waals surface area (Å²) in [6, 6.07) is 5.84. The van der Waals surface area contributed by atoms with Crippen LogP contribution in [0, 0.1) is 0 Å². The predicted octanol–water partition coefficient (Wildman–Crippen LogP) is 0.107. The van der Waals surface area contributed by atoms with Crippen molar-refractivity contribution in [2.45, 2.75) is 18.6 Å². The number of rotatable bonds is 3. The first kappa shape index (κ1) is 14.3. The molecule has 0 aromatic carbocycles. The Balaban J connectivity index is 1.53. The monoisotopic (exact) mass is 290 g/mol. The van der Waals surface area contributed by atoms with E-state index in [1.54, 1.807) is 13.3 Å². The molecule has 2 saturated heterocycles. The van der Waals surface area contributed by atoms with Crippen LogP contribution < -0.4 is 10.2 Å². The summed E-state index contributed by atoms with van der Waals surface area (Å²) in [6.45, 7) is 3.95. The minimum absolute atomic E-state index is 0.0867. The van der Waals surface area contributed by atoms with Crippen LogP contribution in [0.2, 0.25) is 0 Å². The summed E-state index contributed by atoms with van der Waals surface area (Å²) in [5, 5.41) is 3.26. The molecule has 1 aromatic heterocycles. The fourth-order valence-electron chi connectivity index (χ4n) is 2.99. The van der Waals surface area contributed by atoms with E-state index in [1.165, 1.54) is 0 Å². The molecule has 2 aliphatic rings. The van der Waals surface area contributed by atoms with Crippen molar-refractivity contribution >= 4 is 11.7 Å². The Kier molecular flexibility index (Phi) is 4.36. The molecule has 2 fully saturated rings. The molecule has 0 unspecified atom stereocenters. The summed E-state index contributed by atoms with van der Waals surface area (Å²) in [6.07, 6.45) is 2.74. The molecule has 6 nitrogen and oxygen atoms in total. The maximum Gasteiger partial charge on any atom is 0.239 e. The molecule has 0 spiro atoms. The van der Waals surface area contributed by atoms with Gasteiger partial charge in [-0.15, -0.1) is 0 Å². The molecular formula is C15H22N4O2. The van der Waals surface area contributed by atoms with Gasteiger partial charge in [-0.2, -0.15) is 0 Å². The van der Waals surface area contributed by atoms with E-state index in [0.717, 1.165) is 45.0 Å². The Labute approximate surface area is 125 Å². The Hall–Kier alpha value is -1.66. The van der Waals surface area contributed by atoms with Crippen LogP contribution in [0.1, 0.15) is 6.42 Å². The third-order valence-corrected chi connectivity index (χ3v) is 4.29. The summed E-state index contributed by atoms with van der Waals surface area (Å²) < 4.78 is 5.30. The van der Waals surface area contributed by atoms with Crippen LogP contribution in [-0.4, -0.2) is 67.8 Å². The lowest BCUT2D eigenvalue weighted by molar-refractivity contribution is -0.133. The van der Waals surface area contributed by atoms with Crippen molar-refractivity contribution in [2.75, 3.05) is 44.7 Å². The predicted molar refractivity (Wildman–Crippen MR) is 80.2 cm³/mol. The van der Waals surface area contributed by atoms with Crippen LogP contribution in [-0.2, 0) is 9.53 Å². The lowest BCUT2D eigenvalue weighted by Gasteiger charge is -2.36. The average molecular weight is 290 g/mol. The molecule has 2 aliphatic heterocycles. The van der Waals surface area contributed by atoms with Gasteiger partial charge in [0, 0.05) is 46.0 Å². The van der Waals surface area contributed by atoms with Gasteiger partial charge in [-0.05, 0) is 18.6 Å². The number of amides is 1. The molecule has 6 heteroatoms. The number of nitrogens with one attached hydrogen (secondary N) is 1. The van der Waals surface area contributed by atoms with Gasteiger partial charge in [-0.1, -0.05) is 6.07 Å². The largest absolute Gasteiger partial charge is 0.380 e. The molecule has 1 aromatic rings. The Morgan fingerprint density at radius 2 is 2.14 bits per heavy atom. The molecule has 0 bridgehead atoms. The van der Waals surface area contributed by atoms with Crippen LogP contribution in [0.15, 0.2) is 24.4 Å². The van der Waals surface area contributed by atoms with Gasteiger partial charge in [0.25, 0.3) is 0 Å². The minimum Gasteiger partial charge on any atom is -0.380 e. The fourth-order valence-corrected chi connectivity index (χ4v) is 2.99. The first-order valence-electron chi connectivity index (χ1n) is 7.49. The number of pyridine rings is 1. The van der Waals surface area contributed by atoms with Crippen LogP contribution in [0.5, 0.6) is 0 Å². The molecule has 2 atom stereocenters. The van der Waals surface area contributed by atoms with Gasteiger partial charge in [-0.3, -0.25) is 4.79 Å². The molecule has 3 heterocycles. The minimum atomic E-state index is -0.0867. The lowest BCUT2D eigenvalue weighted by Crippen LogP contribution is -2.53. The lowest BCUT2D eigenvalue weighted by atomic mass is 10.1. The van der Waals surface area contributed by atoms with Gasteiger partial charge in [0.15, 0.2) is 0 Å². The number of methoxy groups -OCH3 is 1. The van der Waals surface area contributed by atoms with Gasteiger partial charge < -0.3 is 19.9 Å². The topological polar surface area (TPSA) is 57.7 Å². The number of ether oxygens (including phenoxy) is 1. The van der Waals surface area contributed by atoms with Gasteiger partial charge in [-0.25, -0.2) is 4.98 Å². The van der Waals surface area contributed by atoms with Gasteiger partial charge in [0.2, 0.25) is 5.91 Å². The quantitative estimate of drug-likeness (QED) is 0.856. The molecule has 3 rings (SSSR count). The summed E-state index contributed by atoms with van der Waals surface area (Å²) in [5.74, 6) is 1.19. The number of hydrogen-bond donors (Lipinski definition) is 1. The Bertz CT molecular complexity index is 474. The van der Waals surface area contributed by atoms with Crippen LogP contribution >= 0.6 is 0 Å². The SMILES string of the molecule is CO[C@@H]1CN[C@H](C(=O)N2CCN(c3ccccn3)CC2)C1. The molecule has 0 radical (unpaired) electrons. The highest BCUT2D eigenvalue weighted by Crippen LogP contribution is 2.16. The Morgan fingerprint density at radius 1 is 1.33 bits per heavy atom. The second kappa shape index (κ2) is 6.41. The smallest absolute Gasteiger partial charge is 0.239 e. The number of piperazine rings is 1. The molecule has 1 amide bonds. The molecule has 114 valence electrons. The van der Waals surface area contributed by atoms with Crippen molar-refractivity contribution in [1.29, 1.82) is 0 Å². The highest BCUT2D eigenvalue weighted by atomic mass is 16.5. The zero-order valence-corrected chi connectivity index (χ0v) is 12.4. The van der Waals surface area contributed by atoms with Gasteiger partial charge in [0.1, 0.15) is 5.82 Å². The van der Waals surface area contributed by atoms with Crippen molar-refractivity contribution in [2.24, 2.45) is 0 Å². The van der Waals surface area contributed by atoms with E-state index in [-0.39, 0.29) is 18.1 Å². The third-order valence-electron chi connectivity index (χ3n) is 4.29. The zero-order valence-electron chi connectivity index (χ0n) is 12.4. The van der Waals surface area contributed by atoms with Crippen molar-refractivity contribution in [3.63, 3.8) is 0 Å². The normalized spacial score (nSPS) is 26.1.